The van der Waals surface area contributed by atoms with E-state index in [1.165, 1.54) is 0 Å². The molecule has 3 heterocycles. The van der Waals surface area contributed by atoms with Crippen molar-refractivity contribution in [2.75, 3.05) is 18.5 Å². The minimum absolute atomic E-state index is 0.0386. The number of hydrogen-bond acceptors (Lipinski definition) is 5. The minimum atomic E-state index is -1.27. The van der Waals surface area contributed by atoms with E-state index in [0.717, 1.165) is 11.1 Å². The summed E-state index contributed by atoms with van der Waals surface area (Å²) in [5, 5.41) is 16.6. The number of benzene rings is 3. The summed E-state index contributed by atoms with van der Waals surface area (Å²) < 4.78 is 11.6. The van der Waals surface area contributed by atoms with Gasteiger partial charge in [0, 0.05) is 39.2 Å². The summed E-state index contributed by atoms with van der Waals surface area (Å²) in [5.41, 5.74) is 2.12. The van der Waals surface area contributed by atoms with Gasteiger partial charge in [0.25, 0.3) is 0 Å². The summed E-state index contributed by atoms with van der Waals surface area (Å²) >= 11 is 12.7. The molecular weight excluding hydrogens is 539 g/mol. The molecule has 39 heavy (non-hydrogen) atoms. The van der Waals surface area contributed by atoms with Gasteiger partial charge in [0.15, 0.2) is 0 Å². The van der Waals surface area contributed by atoms with Crippen molar-refractivity contribution in [3.63, 3.8) is 0 Å². The second kappa shape index (κ2) is 10.1. The Morgan fingerprint density at radius 2 is 1.85 bits per heavy atom. The van der Waals surface area contributed by atoms with E-state index in [4.69, 9.17) is 32.4 Å². The van der Waals surface area contributed by atoms with E-state index in [0.29, 0.717) is 38.4 Å². The maximum absolute atomic E-state index is 14.3. The molecule has 1 saturated heterocycles. The van der Waals surface area contributed by atoms with E-state index >= 15 is 0 Å². The predicted molar refractivity (Wildman–Crippen MR) is 148 cm³/mol. The molecule has 0 saturated carbocycles. The molecule has 198 valence electrons. The highest BCUT2D eigenvalue weighted by Gasteiger charge is 2.61. The maximum atomic E-state index is 14.3. The highest BCUT2D eigenvalue weighted by atomic mass is 35.5. The summed E-state index contributed by atoms with van der Waals surface area (Å²) in [6.45, 7) is -0.161. The van der Waals surface area contributed by atoms with Crippen molar-refractivity contribution in [1.29, 1.82) is 0 Å². The van der Waals surface area contributed by atoms with E-state index in [9.17, 15) is 14.7 Å². The lowest BCUT2D eigenvalue weighted by atomic mass is 9.59. The average molecular weight is 563 g/mol. The molecule has 4 aromatic rings. The zero-order chi connectivity index (χ0) is 27.1. The Kier molecular flexibility index (Phi) is 6.59. The zero-order valence-electron chi connectivity index (χ0n) is 20.6. The van der Waals surface area contributed by atoms with E-state index in [-0.39, 0.29) is 31.4 Å². The summed E-state index contributed by atoms with van der Waals surface area (Å²) in [4.78, 5) is 27.7. The number of amides is 2. The van der Waals surface area contributed by atoms with Crippen LogP contribution in [0.2, 0.25) is 10.0 Å². The van der Waals surface area contributed by atoms with Crippen molar-refractivity contribution in [2.24, 2.45) is 0 Å². The largest absolute Gasteiger partial charge is 0.491 e. The van der Waals surface area contributed by atoms with Gasteiger partial charge in [0.05, 0.1) is 18.9 Å². The highest BCUT2D eigenvalue weighted by molar-refractivity contribution is 6.31. The number of aliphatic hydroxyl groups excluding tert-OH is 1. The number of hydrogen-bond donors (Lipinski definition) is 3. The second-order valence-electron chi connectivity index (χ2n) is 9.63. The first-order valence-electron chi connectivity index (χ1n) is 12.5. The van der Waals surface area contributed by atoms with Gasteiger partial charge >= 0.3 is 0 Å². The fourth-order valence-electron chi connectivity index (χ4n) is 5.93. The molecule has 9 heteroatoms. The topological polar surface area (TPSA) is 101 Å². The fraction of sp³-hybridized carbons (Fsp3) is 0.200. The molecule has 0 bridgehead atoms. The van der Waals surface area contributed by atoms with Crippen LogP contribution in [0.4, 0.5) is 5.69 Å². The Balaban J connectivity index is 1.63. The van der Waals surface area contributed by atoms with Crippen LogP contribution < -0.4 is 15.4 Å². The van der Waals surface area contributed by atoms with Crippen molar-refractivity contribution < 1.29 is 23.8 Å². The monoisotopic (exact) mass is 562 g/mol. The Morgan fingerprint density at radius 3 is 2.62 bits per heavy atom. The molecule has 1 spiro atoms. The van der Waals surface area contributed by atoms with Crippen molar-refractivity contribution in [3.8, 4) is 17.1 Å². The molecule has 7 nitrogen and oxygen atoms in total. The molecule has 2 aliphatic rings. The number of halogens is 2. The number of aliphatic hydroxyl groups is 1. The molecule has 3 aromatic carbocycles. The van der Waals surface area contributed by atoms with Crippen LogP contribution >= 0.6 is 23.2 Å². The first-order valence-corrected chi connectivity index (χ1v) is 13.2. The number of ether oxygens (including phenoxy) is 1. The number of piperidine rings is 1. The molecule has 3 N–H and O–H groups in total. The van der Waals surface area contributed by atoms with Crippen LogP contribution in [0.5, 0.6) is 5.75 Å². The van der Waals surface area contributed by atoms with Gasteiger partial charge in [-0.3, -0.25) is 9.59 Å². The number of furan rings is 1. The van der Waals surface area contributed by atoms with Crippen molar-refractivity contribution in [1.82, 2.24) is 5.32 Å². The lowest BCUT2D eigenvalue weighted by Crippen LogP contribution is -2.56. The van der Waals surface area contributed by atoms with E-state index in [2.05, 4.69) is 10.6 Å². The third-order valence-electron chi connectivity index (χ3n) is 7.48. The van der Waals surface area contributed by atoms with Crippen molar-refractivity contribution in [3.05, 3.63) is 106 Å². The summed E-state index contributed by atoms with van der Waals surface area (Å²) in [6.07, 6.45) is 1.64. The number of carbonyl (C=O) groups is 2. The molecule has 1 aromatic heterocycles. The van der Waals surface area contributed by atoms with Gasteiger partial charge in [-0.1, -0.05) is 41.4 Å². The molecule has 0 radical (unpaired) electrons. The quantitative estimate of drug-likeness (QED) is 0.273. The summed E-state index contributed by atoms with van der Waals surface area (Å²) in [5.74, 6) is 0.00508. The standard InChI is InChI=1S/C30H24Cl2N2O5/c31-19-4-1-3-17(13-19)23-16-27(36)34-28(30(23)22-8-7-20(32)15-24(22)33-29(30)37)21-14-18(25-5-2-11-38-25)6-9-26(21)39-12-10-35/h1-9,11,13-15,23,28,35H,10,12,16H2,(H,33,37)(H,34,36)/t23-,28+,30-/m0/s1. The van der Waals surface area contributed by atoms with Gasteiger partial charge < -0.3 is 24.9 Å². The molecule has 2 aliphatic heterocycles. The van der Waals surface area contributed by atoms with Gasteiger partial charge in [-0.05, 0) is 65.7 Å². The fourth-order valence-corrected chi connectivity index (χ4v) is 6.30. The van der Waals surface area contributed by atoms with Crippen LogP contribution in [-0.2, 0) is 15.0 Å². The van der Waals surface area contributed by atoms with Crippen LogP contribution in [0.1, 0.15) is 35.1 Å². The van der Waals surface area contributed by atoms with E-state index < -0.39 is 17.4 Å². The summed E-state index contributed by atoms with van der Waals surface area (Å²) in [6, 6.07) is 20.8. The highest BCUT2D eigenvalue weighted by Crippen LogP contribution is 2.58. The SMILES string of the molecule is O=C1C[C@@H](c2cccc(Cl)c2)[C@]2(C(=O)Nc3cc(Cl)ccc32)[C@@H](c2cc(-c3ccco3)ccc2OCCO)N1. The number of anilines is 1. The van der Waals surface area contributed by atoms with Crippen molar-refractivity contribution >= 4 is 40.7 Å². The lowest BCUT2D eigenvalue weighted by molar-refractivity contribution is -0.131. The van der Waals surface area contributed by atoms with Crippen LogP contribution in [-0.4, -0.2) is 30.1 Å². The smallest absolute Gasteiger partial charge is 0.238 e. The Labute approximate surface area is 234 Å². The third-order valence-corrected chi connectivity index (χ3v) is 7.95. The number of fused-ring (bicyclic) bond motifs is 2. The molecule has 2 amide bonds. The molecule has 3 atom stereocenters. The summed E-state index contributed by atoms with van der Waals surface area (Å²) in [7, 11) is 0. The Hall–Kier alpha value is -3.78. The molecule has 0 aliphatic carbocycles. The zero-order valence-corrected chi connectivity index (χ0v) is 22.1. The van der Waals surface area contributed by atoms with E-state index in [1.807, 2.05) is 36.4 Å². The van der Waals surface area contributed by atoms with Crippen LogP contribution in [0.15, 0.2) is 83.5 Å². The van der Waals surface area contributed by atoms with Crippen molar-refractivity contribution in [2.45, 2.75) is 23.8 Å². The van der Waals surface area contributed by atoms with Crippen LogP contribution in [0.25, 0.3) is 11.3 Å². The predicted octanol–water partition coefficient (Wildman–Crippen LogP) is 5.86. The van der Waals surface area contributed by atoms with Gasteiger partial charge in [-0.15, -0.1) is 0 Å². The van der Waals surface area contributed by atoms with Gasteiger partial charge in [-0.2, -0.15) is 0 Å². The molecule has 1 fully saturated rings. The maximum Gasteiger partial charge on any atom is 0.238 e. The minimum Gasteiger partial charge on any atom is -0.491 e. The molecule has 6 rings (SSSR count). The number of nitrogens with one attached hydrogen (secondary N) is 2. The van der Waals surface area contributed by atoms with Crippen LogP contribution in [0, 0.1) is 0 Å². The molecule has 0 unspecified atom stereocenters. The second-order valence-corrected chi connectivity index (χ2v) is 10.5. The molecular formula is C30H24Cl2N2O5. The third kappa shape index (κ3) is 4.27. The lowest BCUT2D eigenvalue weighted by Gasteiger charge is -2.46. The first kappa shape index (κ1) is 25.5. The van der Waals surface area contributed by atoms with Gasteiger partial charge in [0.2, 0.25) is 11.8 Å². The van der Waals surface area contributed by atoms with Crippen LogP contribution in [0.3, 0.4) is 0 Å². The number of carbonyl (C=O) groups excluding carboxylic acids is 2. The Morgan fingerprint density at radius 1 is 1.00 bits per heavy atom. The van der Waals surface area contributed by atoms with E-state index in [1.54, 1.807) is 42.7 Å². The van der Waals surface area contributed by atoms with Gasteiger partial charge in [0.1, 0.15) is 23.5 Å². The number of rotatable bonds is 6. The normalized spacial score (nSPS) is 21.9. The Bertz CT molecular complexity index is 1570. The van der Waals surface area contributed by atoms with Gasteiger partial charge in [-0.25, -0.2) is 0 Å². The first-order chi connectivity index (χ1) is 18.9. The average Bonchev–Trinajstić information content (AvgIpc) is 3.55.